The van der Waals surface area contributed by atoms with Gasteiger partial charge in [0.25, 0.3) is 0 Å². The van der Waals surface area contributed by atoms with Crippen LogP contribution in [0.3, 0.4) is 0 Å². The highest BCUT2D eigenvalue weighted by atomic mass is 79.9. The lowest BCUT2D eigenvalue weighted by atomic mass is 10.3. The van der Waals surface area contributed by atoms with Gasteiger partial charge in [-0.05, 0) is 24.3 Å². The minimum Gasteiger partial charge on any atom is -0.353 e. The zero-order valence-corrected chi connectivity index (χ0v) is 8.38. The average molecular weight is 238 g/mol. The van der Waals surface area contributed by atoms with Crippen LogP contribution in [-0.4, -0.2) is 10.2 Å². The largest absolute Gasteiger partial charge is 0.353 e. The molecule has 0 aliphatic rings. The van der Waals surface area contributed by atoms with Gasteiger partial charge in [-0.3, -0.25) is 5.10 Å². The van der Waals surface area contributed by atoms with Gasteiger partial charge in [0, 0.05) is 16.4 Å². The smallest absolute Gasteiger partial charge is 0.0767 e. The molecule has 0 saturated carbocycles. The Morgan fingerprint density at radius 1 is 1.15 bits per heavy atom. The van der Waals surface area contributed by atoms with Gasteiger partial charge in [0.15, 0.2) is 0 Å². The van der Waals surface area contributed by atoms with Crippen molar-refractivity contribution in [3.63, 3.8) is 0 Å². The van der Waals surface area contributed by atoms with E-state index in [-0.39, 0.29) is 0 Å². The van der Waals surface area contributed by atoms with Crippen LogP contribution in [0.25, 0.3) is 0 Å². The maximum absolute atomic E-state index is 3.84. The summed E-state index contributed by atoms with van der Waals surface area (Å²) in [4.78, 5) is 0. The van der Waals surface area contributed by atoms with Crippen LogP contribution in [0.5, 0.6) is 0 Å². The van der Waals surface area contributed by atoms with E-state index in [0.29, 0.717) is 0 Å². The Labute approximate surface area is 84.3 Å². The lowest BCUT2D eigenvalue weighted by Gasteiger charge is -2.01. The Kier molecular flexibility index (Phi) is 2.31. The molecule has 4 heteroatoms. The second-order valence-corrected chi connectivity index (χ2v) is 3.53. The van der Waals surface area contributed by atoms with Crippen LogP contribution in [0.1, 0.15) is 0 Å². The second-order valence-electron chi connectivity index (χ2n) is 2.62. The standard InChI is InChI=1S/C9H8BrN3/c10-7-1-3-8(4-2-7)13-9-5-11-12-6-9/h1-6,13H,(H,11,12). The van der Waals surface area contributed by atoms with Gasteiger partial charge >= 0.3 is 0 Å². The average Bonchev–Trinajstić information content (AvgIpc) is 2.62. The van der Waals surface area contributed by atoms with Crippen molar-refractivity contribution >= 4 is 27.3 Å². The van der Waals surface area contributed by atoms with Crippen molar-refractivity contribution in [2.75, 3.05) is 5.32 Å². The molecule has 2 aromatic rings. The number of benzene rings is 1. The lowest BCUT2D eigenvalue weighted by molar-refractivity contribution is 1.09. The number of nitrogens with one attached hydrogen (secondary N) is 2. The number of H-pyrrole nitrogens is 1. The van der Waals surface area contributed by atoms with Crippen LogP contribution in [0, 0.1) is 0 Å². The van der Waals surface area contributed by atoms with Crippen LogP contribution in [0.15, 0.2) is 41.1 Å². The zero-order chi connectivity index (χ0) is 9.10. The summed E-state index contributed by atoms with van der Waals surface area (Å²) in [5.74, 6) is 0. The summed E-state index contributed by atoms with van der Waals surface area (Å²) in [6, 6.07) is 7.97. The first kappa shape index (κ1) is 8.31. The van der Waals surface area contributed by atoms with Gasteiger partial charge in [0.1, 0.15) is 0 Å². The Hall–Kier alpha value is -1.29. The summed E-state index contributed by atoms with van der Waals surface area (Å²) < 4.78 is 1.07. The molecule has 13 heavy (non-hydrogen) atoms. The van der Waals surface area contributed by atoms with E-state index in [1.54, 1.807) is 6.20 Å². The third-order valence-corrected chi connectivity index (χ3v) is 2.16. The molecule has 0 fully saturated rings. The van der Waals surface area contributed by atoms with Crippen molar-refractivity contribution in [1.29, 1.82) is 0 Å². The first-order valence-corrected chi connectivity index (χ1v) is 4.65. The molecule has 0 spiro atoms. The van der Waals surface area contributed by atoms with Crippen LogP contribution in [0.2, 0.25) is 0 Å². The molecule has 2 N–H and O–H groups in total. The van der Waals surface area contributed by atoms with Crippen LogP contribution in [0.4, 0.5) is 11.4 Å². The predicted molar refractivity (Wildman–Crippen MR) is 56.0 cm³/mol. The molecule has 0 aliphatic carbocycles. The Balaban J connectivity index is 2.15. The molecule has 0 bridgehead atoms. The maximum atomic E-state index is 3.84. The van der Waals surface area contributed by atoms with Gasteiger partial charge in [-0.25, -0.2) is 0 Å². The van der Waals surface area contributed by atoms with Crippen molar-refractivity contribution < 1.29 is 0 Å². The monoisotopic (exact) mass is 237 g/mol. The highest BCUT2D eigenvalue weighted by molar-refractivity contribution is 9.10. The number of rotatable bonds is 2. The summed E-state index contributed by atoms with van der Waals surface area (Å²) >= 11 is 3.38. The van der Waals surface area contributed by atoms with Crippen molar-refractivity contribution in [2.24, 2.45) is 0 Å². The van der Waals surface area contributed by atoms with Gasteiger partial charge in [-0.15, -0.1) is 0 Å². The van der Waals surface area contributed by atoms with Gasteiger partial charge in [0.2, 0.25) is 0 Å². The molecule has 0 aliphatic heterocycles. The normalized spacial score (nSPS) is 9.92. The fraction of sp³-hybridized carbons (Fsp3) is 0. The fourth-order valence-electron chi connectivity index (χ4n) is 1.02. The molecular weight excluding hydrogens is 230 g/mol. The van der Waals surface area contributed by atoms with E-state index in [4.69, 9.17) is 0 Å². The third kappa shape index (κ3) is 2.09. The molecule has 1 aromatic heterocycles. The van der Waals surface area contributed by atoms with Crippen molar-refractivity contribution in [2.45, 2.75) is 0 Å². The van der Waals surface area contributed by atoms with E-state index < -0.39 is 0 Å². The summed E-state index contributed by atoms with van der Waals surface area (Å²) in [5, 5.41) is 9.78. The molecule has 3 nitrogen and oxygen atoms in total. The number of aromatic nitrogens is 2. The van der Waals surface area contributed by atoms with Crippen LogP contribution in [-0.2, 0) is 0 Å². The molecule has 1 aromatic carbocycles. The number of nitrogens with zero attached hydrogens (tertiary/aromatic N) is 1. The number of halogens is 1. The van der Waals surface area contributed by atoms with Gasteiger partial charge in [-0.2, -0.15) is 5.10 Å². The highest BCUT2D eigenvalue weighted by Gasteiger charge is 1.94. The number of hydrogen-bond acceptors (Lipinski definition) is 2. The van der Waals surface area contributed by atoms with E-state index in [9.17, 15) is 0 Å². The highest BCUT2D eigenvalue weighted by Crippen LogP contribution is 2.17. The molecule has 2 rings (SSSR count). The molecule has 0 atom stereocenters. The second kappa shape index (κ2) is 3.62. The summed E-state index contributed by atoms with van der Waals surface area (Å²) in [7, 11) is 0. The number of anilines is 2. The third-order valence-electron chi connectivity index (χ3n) is 1.63. The number of aromatic amines is 1. The van der Waals surface area contributed by atoms with E-state index in [0.717, 1.165) is 15.8 Å². The van der Waals surface area contributed by atoms with E-state index >= 15 is 0 Å². The summed E-state index contributed by atoms with van der Waals surface area (Å²) in [6.07, 6.45) is 3.55. The van der Waals surface area contributed by atoms with Crippen molar-refractivity contribution in [3.8, 4) is 0 Å². The SMILES string of the molecule is Brc1ccc(Nc2cn[nH]c2)cc1. The molecule has 1 heterocycles. The quantitative estimate of drug-likeness (QED) is 0.844. The first-order valence-electron chi connectivity index (χ1n) is 3.86. The van der Waals surface area contributed by atoms with Gasteiger partial charge < -0.3 is 5.32 Å². The Morgan fingerprint density at radius 3 is 2.54 bits per heavy atom. The fourth-order valence-corrected chi connectivity index (χ4v) is 1.28. The van der Waals surface area contributed by atoms with Crippen LogP contribution < -0.4 is 5.32 Å². The topological polar surface area (TPSA) is 40.7 Å². The summed E-state index contributed by atoms with van der Waals surface area (Å²) in [6.45, 7) is 0. The molecule has 0 radical (unpaired) electrons. The Morgan fingerprint density at radius 2 is 1.92 bits per heavy atom. The minimum atomic E-state index is 0.960. The van der Waals surface area contributed by atoms with Crippen molar-refractivity contribution in [1.82, 2.24) is 10.2 Å². The van der Waals surface area contributed by atoms with Crippen molar-refractivity contribution in [3.05, 3.63) is 41.1 Å². The molecule has 0 amide bonds. The minimum absolute atomic E-state index is 0.960. The molecule has 0 unspecified atom stereocenters. The van der Waals surface area contributed by atoms with Gasteiger partial charge in [0.05, 0.1) is 11.9 Å². The predicted octanol–water partition coefficient (Wildman–Crippen LogP) is 2.92. The van der Waals surface area contributed by atoms with E-state index in [1.165, 1.54) is 0 Å². The van der Waals surface area contributed by atoms with Crippen LogP contribution >= 0.6 is 15.9 Å². The van der Waals surface area contributed by atoms with E-state index in [1.807, 2.05) is 30.5 Å². The maximum Gasteiger partial charge on any atom is 0.0767 e. The molecular formula is C9H8BrN3. The zero-order valence-electron chi connectivity index (χ0n) is 6.79. The molecule has 66 valence electrons. The lowest BCUT2D eigenvalue weighted by Crippen LogP contribution is -1.86. The van der Waals surface area contributed by atoms with E-state index in [2.05, 4.69) is 31.4 Å². The Bertz CT molecular complexity index is 366. The molecule has 0 saturated heterocycles. The number of hydrogen-bond donors (Lipinski definition) is 2. The first-order chi connectivity index (χ1) is 6.34. The summed E-state index contributed by atoms with van der Waals surface area (Å²) in [5.41, 5.74) is 2.01. The van der Waals surface area contributed by atoms with Gasteiger partial charge in [-0.1, -0.05) is 15.9 Å².